The Labute approximate surface area is 225 Å². The average molecular weight is 517 g/mol. The van der Waals surface area contributed by atoms with Gasteiger partial charge in [-0.15, -0.1) is 0 Å². The molecule has 38 heavy (non-hydrogen) atoms. The number of fused-ring (bicyclic) bond motifs is 1. The molecule has 2 N–H and O–H groups in total. The van der Waals surface area contributed by atoms with Gasteiger partial charge in [0.2, 0.25) is 0 Å². The summed E-state index contributed by atoms with van der Waals surface area (Å²) in [4.78, 5) is 4.60. The highest BCUT2D eigenvalue weighted by Gasteiger charge is 2.54. The Kier molecular flexibility index (Phi) is 8.92. The molecule has 0 spiro atoms. The molecule has 3 aliphatic rings. The van der Waals surface area contributed by atoms with Crippen LogP contribution in [-0.2, 0) is 4.74 Å². The van der Waals surface area contributed by atoms with Crippen molar-refractivity contribution in [3.05, 3.63) is 46.7 Å². The third-order valence-electron chi connectivity index (χ3n) is 7.68. The molecule has 1 saturated heterocycles. The van der Waals surface area contributed by atoms with Gasteiger partial charge in [0.1, 0.15) is 12.7 Å². The van der Waals surface area contributed by atoms with Crippen LogP contribution in [0.1, 0.15) is 31.7 Å². The van der Waals surface area contributed by atoms with Crippen LogP contribution in [0.3, 0.4) is 0 Å². The van der Waals surface area contributed by atoms with Gasteiger partial charge >= 0.3 is 0 Å². The van der Waals surface area contributed by atoms with Gasteiger partial charge in [0.05, 0.1) is 43.2 Å². The first-order valence-corrected chi connectivity index (χ1v) is 13.4. The van der Waals surface area contributed by atoms with Crippen LogP contribution >= 0.6 is 0 Å². The molecule has 0 amide bonds. The fourth-order valence-electron chi connectivity index (χ4n) is 5.83. The van der Waals surface area contributed by atoms with E-state index < -0.39 is 11.3 Å². The van der Waals surface area contributed by atoms with E-state index in [1.54, 1.807) is 0 Å². The van der Waals surface area contributed by atoms with Crippen LogP contribution in [0.2, 0.25) is 0 Å². The maximum Gasteiger partial charge on any atom is 0.191 e. The first-order chi connectivity index (χ1) is 18.5. The van der Waals surface area contributed by atoms with Crippen LogP contribution in [-0.4, -0.2) is 75.5 Å². The van der Waals surface area contributed by atoms with Gasteiger partial charge in [-0.3, -0.25) is 9.80 Å². The third-order valence-corrected chi connectivity index (χ3v) is 7.68. The molecule has 2 aliphatic heterocycles. The van der Waals surface area contributed by atoms with E-state index in [1.165, 1.54) is 0 Å². The molecule has 9 nitrogen and oxygen atoms in total. The van der Waals surface area contributed by atoms with Crippen molar-refractivity contribution in [1.82, 2.24) is 9.80 Å². The summed E-state index contributed by atoms with van der Waals surface area (Å²) < 4.78 is 17.5. The zero-order valence-electron chi connectivity index (χ0n) is 22.3. The van der Waals surface area contributed by atoms with Gasteiger partial charge in [-0.25, -0.2) is 0 Å². The van der Waals surface area contributed by atoms with E-state index in [0.29, 0.717) is 37.8 Å². The van der Waals surface area contributed by atoms with Gasteiger partial charge in [0.15, 0.2) is 16.9 Å². The molecule has 1 fully saturated rings. The minimum absolute atomic E-state index is 0.0326. The molecule has 0 aromatic heterocycles. The van der Waals surface area contributed by atoms with Gasteiger partial charge in [-0.1, -0.05) is 19.1 Å². The number of allylic oxidation sites excluding steroid dienone is 2. The van der Waals surface area contributed by atoms with E-state index in [9.17, 15) is 15.8 Å². The van der Waals surface area contributed by atoms with Crippen LogP contribution in [0.15, 0.2) is 41.1 Å². The van der Waals surface area contributed by atoms with E-state index in [-0.39, 0.29) is 17.2 Å². The monoisotopic (exact) mass is 516 g/mol. The Morgan fingerprint density at radius 2 is 1.82 bits per heavy atom. The van der Waals surface area contributed by atoms with Gasteiger partial charge in [0, 0.05) is 44.6 Å². The number of nitrogens with two attached hydrogens (primary N) is 1. The molecule has 1 aromatic rings. The van der Waals surface area contributed by atoms with Crippen molar-refractivity contribution in [1.29, 1.82) is 15.8 Å². The van der Waals surface area contributed by atoms with E-state index in [1.807, 2.05) is 31.2 Å². The van der Waals surface area contributed by atoms with Crippen LogP contribution < -0.4 is 15.2 Å². The lowest BCUT2D eigenvalue weighted by molar-refractivity contribution is 0.0321. The maximum atomic E-state index is 10.4. The first kappa shape index (κ1) is 27.5. The smallest absolute Gasteiger partial charge is 0.191 e. The van der Waals surface area contributed by atoms with Crippen molar-refractivity contribution in [2.45, 2.75) is 26.2 Å². The second kappa shape index (κ2) is 12.3. The summed E-state index contributed by atoms with van der Waals surface area (Å²) >= 11 is 0. The van der Waals surface area contributed by atoms with E-state index in [0.717, 1.165) is 57.0 Å². The predicted molar refractivity (Wildman–Crippen MR) is 142 cm³/mol. The van der Waals surface area contributed by atoms with Crippen LogP contribution in [0.5, 0.6) is 11.5 Å². The number of nitriles is 3. The molecule has 4 rings (SSSR count). The summed E-state index contributed by atoms with van der Waals surface area (Å²) in [5, 5.41) is 30.7. The van der Waals surface area contributed by atoms with Crippen molar-refractivity contribution in [2.75, 3.05) is 65.7 Å². The SMILES string of the molecule is CCCN1CC=C2C(C#N)=C(N)C(C#N)(C#N)[C@@H](c3ccc(OCCN4CCOCC4)c(OCC)c3)[C@H]2C1. The zero-order chi connectivity index (χ0) is 27.1. The molecular weight excluding hydrogens is 480 g/mol. The standard InChI is InChI=1S/C29H36N6O3/c1-3-8-35-9-7-22-23(17-30)28(33)29(19-31,20-32)27(24(22)18-35)21-5-6-25(26(16-21)37-4-2)38-15-12-34-10-13-36-14-11-34/h5-7,16,24,27H,3-4,8-15,18,33H2,1-2H3/t24-,27-/m0/s1. The van der Waals surface area contributed by atoms with Crippen molar-refractivity contribution < 1.29 is 14.2 Å². The number of hydrogen-bond acceptors (Lipinski definition) is 9. The molecule has 0 radical (unpaired) electrons. The minimum Gasteiger partial charge on any atom is -0.490 e. The quantitative estimate of drug-likeness (QED) is 0.526. The fourth-order valence-corrected chi connectivity index (χ4v) is 5.83. The van der Waals surface area contributed by atoms with Gasteiger partial charge in [-0.05, 0) is 43.2 Å². The number of morpholine rings is 1. The van der Waals surface area contributed by atoms with Crippen molar-refractivity contribution >= 4 is 0 Å². The highest BCUT2D eigenvalue weighted by atomic mass is 16.5. The zero-order valence-corrected chi connectivity index (χ0v) is 22.3. The lowest BCUT2D eigenvalue weighted by Gasteiger charge is -2.45. The lowest BCUT2D eigenvalue weighted by atomic mass is 9.58. The lowest BCUT2D eigenvalue weighted by Crippen LogP contribution is -2.48. The highest BCUT2D eigenvalue weighted by Crippen LogP contribution is 2.54. The van der Waals surface area contributed by atoms with Crippen LogP contribution in [0, 0.1) is 45.3 Å². The molecule has 0 saturated carbocycles. The van der Waals surface area contributed by atoms with Crippen LogP contribution in [0.4, 0.5) is 0 Å². The fraction of sp³-hybridized carbons (Fsp3) is 0.552. The van der Waals surface area contributed by atoms with Gasteiger partial charge in [-0.2, -0.15) is 15.8 Å². The normalized spacial score (nSPS) is 23.4. The van der Waals surface area contributed by atoms with Crippen LogP contribution in [0.25, 0.3) is 0 Å². The molecule has 2 atom stereocenters. The molecule has 9 heteroatoms. The Bertz CT molecular complexity index is 1180. The first-order valence-electron chi connectivity index (χ1n) is 13.4. The summed E-state index contributed by atoms with van der Waals surface area (Å²) in [5.41, 5.74) is 6.68. The van der Waals surface area contributed by atoms with Gasteiger partial charge in [0.25, 0.3) is 0 Å². The van der Waals surface area contributed by atoms with Crippen molar-refractivity contribution in [3.63, 3.8) is 0 Å². The summed E-state index contributed by atoms with van der Waals surface area (Å²) in [6, 6.07) is 12.3. The maximum absolute atomic E-state index is 10.4. The number of hydrogen-bond donors (Lipinski definition) is 1. The molecule has 0 bridgehead atoms. The van der Waals surface area contributed by atoms with E-state index in [4.69, 9.17) is 19.9 Å². The highest BCUT2D eigenvalue weighted by molar-refractivity contribution is 5.60. The summed E-state index contributed by atoms with van der Waals surface area (Å²) in [5.74, 6) is 0.380. The Morgan fingerprint density at radius 3 is 2.47 bits per heavy atom. The number of nitrogens with zero attached hydrogens (tertiary/aromatic N) is 5. The Balaban J connectivity index is 1.71. The van der Waals surface area contributed by atoms with Crippen molar-refractivity contribution in [3.8, 4) is 29.7 Å². The number of benzene rings is 1. The predicted octanol–water partition coefficient (Wildman–Crippen LogP) is 2.93. The van der Waals surface area contributed by atoms with Crippen molar-refractivity contribution in [2.24, 2.45) is 17.1 Å². The van der Waals surface area contributed by atoms with Gasteiger partial charge < -0.3 is 19.9 Å². The average Bonchev–Trinajstić information content (AvgIpc) is 2.94. The minimum atomic E-state index is -1.68. The third kappa shape index (κ3) is 5.22. The summed E-state index contributed by atoms with van der Waals surface area (Å²) in [6.07, 6.45) is 3.02. The molecule has 1 aliphatic carbocycles. The largest absolute Gasteiger partial charge is 0.490 e. The molecule has 0 unspecified atom stereocenters. The summed E-state index contributed by atoms with van der Waals surface area (Å²) in [7, 11) is 0. The Morgan fingerprint density at radius 1 is 1.05 bits per heavy atom. The molecule has 2 heterocycles. The van der Waals surface area contributed by atoms with E-state index in [2.05, 4.69) is 34.9 Å². The molecular formula is C29H36N6O3. The molecule has 200 valence electrons. The topological polar surface area (TPSA) is 132 Å². The summed E-state index contributed by atoms with van der Waals surface area (Å²) in [6.45, 7) is 11.2. The second-order valence-corrected chi connectivity index (χ2v) is 9.88. The number of ether oxygens (including phenoxy) is 3. The number of rotatable bonds is 9. The Hall–Kier alpha value is -3.55. The van der Waals surface area contributed by atoms with E-state index >= 15 is 0 Å². The second-order valence-electron chi connectivity index (χ2n) is 9.88. The molecule has 1 aromatic carbocycles.